The quantitative estimate of drug-likeness (QED) is 0.767. The topological polar surface area (TPSA) is 84.0 Å². The van der Waals surface area contributed by atoms with Crippen molar-refractivity contribution in [1.82, 2.24) is 8.61 Å². The fourth-order valence-corrected chi connectivity index (χ4v) is 4.51. The number of sulfonamides is 2. The van der Waals surface area contributed by atoms with E-state index >= 15 is 0 Å². The minimum Gasteiger partial charge on any atom is -0.494 e. The molecule has 0 saturated carbocycles. The van der Waals surface area contributed by atoms with Crippen LogP contribution in [0.2, 0.25) is 0 Å². The normalized spacial score (nSPS) is 18.3. The predicted molar refractivity (Wildman–Crippen MR) is 82.8 cm³/mol. The lowest BCUT2D eigenvalue weighted by atomic mass is 10.3. The maximum atomic E-state index is 12.5. The Labute approximate surface area is 131 Å². The van der Waals surface area contributed by atoms with E-state index in [1.165, 1.54) is 20.7 Å². The van der Waals surface area contributed by atoms with Crippen LogP contribution in [0.25, 0.3) is 0 Å². The average Bonchev–Trinajstić information content (AvgIpc) is 2.47. The van der Waals surface area contributed by atoms with Crippen molar-refractivity contribution < 1.29 is 21.6 Å². The summed E-state index contributed by atoms with van der Waals surface area (Å²) in [6.45, 7) is 3.03. The van der Waals surface area contributed by atoms with E-state index in [2.05, 4.69) is 0 Å². The third-order valence-electron chi connectivity index (χ3n) is 3.44. The molecule has 0 N–H and O–H groups in total. The molecule has 1 aromatic rings. The monoisotopic (exact) mass is 348 g/mol. The summed E-state index contributed by atoms with van der Waals surface area (Å²) in [5.74, 6) is 0.614. The van der Waals surface area contributed by atoms with Gasteiger partial charge in [-0.25, -0.2) is 16.8 Å². The Morgan fingerprint density at radius 2 is 1.45 bits per heavy atom. The number of ether oxygens (including phenoxy) is 1. The van der Waals surface area contributed by atoms with E-state index in [0.29, 0.717) is 12.4 Å². The summed E-state index contributed by atoms with van der Waals surface area (Å²) >= 11 is 0. The zero-order valence-electron chi connectivity index (χ0n) is 12.6. The van der Waals surface area contributed by atoms with E-state index < -0.39 is 20.0 Å². The highest BCUT2D eigenvalue weighted by atomic mass is 32.2. The smallest absolute Gasteiger partial charge is 0.243 e. The zero-order chi connectivity index (χ0) is 16.4. The van der Waals surface area contributed by atoms with Crippen LogP contribution in [0.5, 0.6) is 5.75 Å². The fourth-order valence-electron chi connectivity index (χ4n) is 2.27. The zero-order valence-corrected chi connectivity index (χ0v) is 14.2. The van der Waals surface area contributed by atoms with Gasteiger partial charge in [0.25, 0.3) is 0 Å². The number of benzene rings is 1. The summed E-state index contributed by atoms with van der Waals surface area (Å²) in [6.07, 6.45) is 1.13. The average molecular weight is 348 g/mol. The number of hydrogen-bond donors (Lipinski definition) is 0. The van der Waals surface area contributed by atoms with Crippen LogP contribution in [0.4, 0.5) is 0 Å². The molecule has 0 aliphatic carbocycles. The van der Waals surface area contributed by atoms with Crippen molar-refractivity contribution in [3.05, 3.63) is 24.3 Å². The van der Waals surface area contributed by atoms with Crippen LogP contribution >= 0.6 is 0 Å². The molecule has 1 aromatic carbocycles. The van der Waals surface area contributed by atoms with Gasteiger partial charge in [0.2, 0.25) is 20.0 Å². The van der Waals surface area contributed by atoms with E-state index in [0.717, 1.165) is 6.26 Å². The van der Waals surface area contributed by atoms with Crippen LogP contribution in [0, 0.1) is 0 Å². The van der Waals surface area contributed by atoms with Gasteiger partial charge in [0, 0.05) is 26.2 Å². The van der Waals surface area contributed by atoms with Gasteiger partial charge in [0.15, 0.2) is 0 Å². The number of rotatable bonds is 5. The molecule has 1 heterocycles. The van der Waals surface area contributed by atoms with Gasteiger partial charge in [-0.2, -0.15) is 8.61 Å². The molecular formula is C13H20N2O5S2. The second kappa shape index (κ2) is 6.53. The van der Waals surface area contributed by atoms with Gasteiger partial charge in [-0.15, -0.1) is 0 Å². The standard InChI is InChI=1S/C13H20N2O5S2/c1-3-20-12-4-6-13(7-5-12)22(18,19)15-10-8-14(9-11-15)21(2,16)17/h4-7H,3,8-11H2,1-2H3. The number of hydrogen-bond acceptors (Lipinski definition) is 5. The molecule has 1 fully saturated rings. The lowest BCUT2D eigenvalue weighted by Gasteiger charge is -2.32. The molecule has 1 saturated heterocycles. The summed E-state index contributed by atoms with van der Waals surface area (Å²) in [6, 6.07) is 6.23. The fraction of sp³-hybridized carbons (Fsp3) is 0.538. The molecular weight excluding hydrogens is 328 g/mol. The lowest BCUT2D eigenvalue weighted by molar-refractivity contribution is 0.274. The van der Waals surface area contributed by atoms with Gasteiger partial charge < -0.3 is 4.74 Å². The molecule has 0 amide bonds. The third kappa shape index (κ3) is 3.78. The van der Waals surface area contributed by atoms with Gasteiger partial charge in [0.1, 0.15) is 5.75 Å². The first kappa shape index (κ1) is 17.2. The molecule has 1 aliphatic heterocycles. The Bertz CT molecular complexity index is 705. The first-order chi connectivity index (χ1) is 10.2. The minimum atomic E-state index is -3.61. The number of nitrogens with zero attached hydrogens (tertiary/aromatic N) is 2. The second-order valence-electron chi connectivity index (χ2n) is 4.97. The minimum absolute atomic E-state index is 0.155. The van der Waals surface area contributed by atoms with Crippen LogP contribution in [-0.2, 0) is 20.0 Å². The van der Waals surface area contributed by atoms with E-state index in [-0.39, 0.29) is 31.1 Å². The predicted octanol–water partition coefficient (Wildman–Crippen LogP) is 0.351. The van der Waals surface area contributed by atoms with E-state index in [4.69, 9.17) is 4.74 Å². The Kier molecular flexibility index (Phi) is 5.10. The van der Waals surface area contributed by atoms with Crippen LogP contribution in [-0.4, -0.2) is 64.5 Å². The highest BCUT2D eigenvalue weighted by molar-refractivity contribution is 7.89. The van der Waals surface area contributed by atoms with E-state index in [1.54, 1.807) is 12.1 Å². The van der Waals surface area contributed by atoms with Gasteiger partial charge in [-0.05, 0) is 31.2 Å². The largest absolute Gasteiger partial charge is 0.494 e. The van der Waals surface area contributed by atoms with Crippen LogP contribution < -0.4 is 4.74 Å². The van der Waals surface area contributed by atoms with Crippen molar-refractivity contribution >= 4 is 20.0 Å². The second-order valence-corrected chi connectivity index (χ2v) is 8.89. The molecule has 0 bridgehead atoms. The molecule has 1 aliphatic rings. The van der Waals surface area contributed by atoms with Gasteiger partial charge in [-0.3, -0.25) is 0 Å². The third-order valence-corrected chi connectivity index (χ3v) is 6.66. The van der Waals surface area contributed by atoms with Crippen molar-refractivity contribution in [3.8, 4) is 5.75 Å². The van der Waals surface area contributed by atoms with Crippen molar-refractivity contribution in [2.24, 2.45) is 0 Å². The maximum Gasteiger partial charge on any atom is 0.243 e. The van der Waals surface area contributed by atoms with Gasteiger partial charge in [-0.1, -0.05) is 0 Å². The molecule has 124 valence electrons. The highest BCUT2D eigenvalue weighted by Crippen LogP contribution is 2.21. The molecule has 0 spiro atoms. The van der Waals surface area contributed by atoms with Gasteiger partial charge in [0.05, 0.1) is 17.8 Å². The molecule has 0 radical (unpaired) electrons. The molecule has 9 heteroatoms. The molecule has 2 rings (SSSR count). The summed E-state index contributed by atoms with van der Waals surface area (Å²) in [7, 11) is -6.88. The van der Waals surface area contributed by atoms with E-state index in [1.807, 2.05) is 6.92 Å². The van der Waals surface area contributed by atoms with Gasteiger partial charge >= 0.3 is 0 Å². The van der Waals surface area contributed by atoms with Crippen molar-refractivity contribution in [1.29, 1.82) is 0 Å². The Balaban J connectivity index is 2.11. The SMILES string of the molecule is CCOc1ccc(S(=O)(=O)N2CCN(S(C)(=O)=O)CC2)cc1. The Morgan fingerprint density at radius 1 is 0.955 bits per heavy atom. The molecule has 7 nitrogen and oxygen atoms in total. The molecule has 0 atom stereocenters. The first-order valence-electron chi connectivity index (χ1n) is 6.93. The summed E-state index contributed by atoms with van der Waals surface area (Å²) < 4.78 is 55.9. The number of piperazine rings is 1. The summed E-state index contributed by atoms with van der Waals surface area (Å²) in [5, 5.41) is 0. The van der Waals surface area contributed by atoms with Crippen LogP contribution in [0.15, 0.2) is 29.2 Å². The Hall–Kier alpha value is -1.16. The van der Waals surface area contributed by atoms with Crippen LogP contribution in [0.1, 0.15) is 6.92 Å². The highest BCUT2D eigenvalue weighted by Gasteiger charge is 2.31. The lowest BCUT2D eigenvalue weighted by Crippen LogP contribution is -2.50. The molecule has 22 heavy (non-hydrogen) atoms. The van der Waals surface area contributed by atoms with Crippen molar-refractivity contribution in [2.75, 3.05) is 39.0 Å². The summed E-state index contributed by atoms with van der Waals surface area (Å²) in [5.41, 5.74) is 0. The van der Waals surface area contributed by atoms with Crippen molar-refractivity contribution in [2.45, 2.75) is 11.8 Å². The van der Waals surface area contributed by atoms with Crippen molar-refractivity contribution in [3.63, 3.8) is 0 Å². The first-order valence-corrected chi connectivity index (χ1v) is 10.2. The summed E-state index contributed by atoms with van der Waals surface area (Å²) in [4.78, 5) is 0.184. The molecule has 0 aromatic heterocycles. The van der Waals surface area contributed by atoms with Crippen LogP contribution in [0.3, 0.4) is 0 Å². The Morgan fingerprint density at radius 3 is 1.91 bits per heavy atom. The van der Waals surface area contributed by atoms with E-state index in [9.17, 15) is 16.8 Å². The molecule has 0 unspecified atom stereocenters. The maximum absolute atomic E-state index is 12.5.